The van der Waals surface area contributed by atoms with Gasteiger partial charge in [0.25, 0.3) is 5.91 Å². The van der Waals surface area contributed by atoms with E-state index in [1.54, 1.807) is 24.3 Å². The Labute approximate surface area is 120 Å². The van der Waals surface area contributed by atoms with Gasteiger partial charge in [-0.1, -0.05) is 18.2 Å². The summed E-state index contributed by atoms with van der Waals surface area (Å²) in [6.45, 7) is 0.181. The second-order valence-corrected chi connectivity index (χ2v) is 4.09. The van der Waals surface area contributed by atoms with Crippen molar-refractivity contribution in [3.05, 3.63) is 65.5 Å². The molecule has 2 rings (SSSR count). The van der Waals surface area contributed by atoms with Crippen molar-refractivity contribution < 1.29 is 13.9 Å². The number of aliphatic imine (C=N–C) groups is 1. The number of rotatable bonds is 4. The first kappa shape index (κ1) is 14.1. The van der Waals surface area contributed by atoms with Gasteiger partial charge >= 0.3 is 0 Å². The van der Waals surface area contributed by atoms with Gasteiger partial charge in [0.2, 0.25) is 0 Å². The Balaban J connectivity index is 2.15. The Kier molecular flexibility index (Phi) is 4.71. The first-order chi connectivity index (χ1) is 9.70. The van der Waals surface area contributed by atoms with Gasteiger partial charge in [0.15, 0.2) is 0 Å². The van der Waals surface area contributed by atoms with Crippen LogP contribution in [0.3, 0.4) is 0 Å². The molecule has 20 heavy (non-hydrogen) atoms. The molecular weight excluding hydrogens is 277 g/mol. The smallest absolute Gasteiger partial charge is 0.286 e. The molecule has 0 saturated heterocycles. The second-order valence-electron chi connectivity index (χ2n) is 3.91. The molecule has 2 aromatic rings. The lowest BCUT2D eigenvalue weighted by Gasteiger charge is -2.08. The van der Waals surface area contributed by atoms with Gasteiger partial charge in [0.05, 0.1) is 5.16 Å². The second kappa shape index (κ2) is 6.70. The Morgan fingerprint density at radius 2 is 1.90 bits per heavy atom. The Morgan fingerprint density at radius 3 is 2.60 bits per heavy atom. The molecule has 0 aliphatic heterocycles. The molecule has 0 atom stereocenters. The van der Waals surface area contributed by atoms with Crippen molar-refractivity contribution in [3.8, 4) is 5.75 Å². The summed E-state index contributed by atoms with van der Waals surface area (Å²) >= 11 is 4.42. The number of carbonyl (C=O) groups excluding carboxylic acids is 1. The molecule has 100 valence electrons. The van der Waals surface area contributed by atoms with E-state index in [1.165, 1.54) is 24.3 Å². The molecule has 0 heterocycles. The molecule has 0 aromatic heterocycles. The SMILES string of the molecule is O=C(N=C=S)c1ccccc1COc1ccc(F)cc1. The third-order valence-corrected chi connectivity index (χ3v) is 2.69. The molecule has 5 heteroatoms. The molecule has 0 unspecified atom stereocenters. The molecule has 0 fully saturated rings. The van der Waals surface area contributed by atoms with Crippen molar-refractivity contribution in [2.45, 2.75) is 6.61 Å². The van der Waals surface area contributed by atoms with Gasteiger partial charge in [-0.2, -0.15) is 4.99 Å². The van der Waals surface area contributed by atoms with Gasteiger partial charge in [0.1, 0.15) is 18.2 Å². The minimum absolute atomic E-state index is 0.181. The highest BCUT2D eigenvalue weighted by atomic mass is 32.1. The van der Waals surface area contributed by atoms with Crippen molar-refractivity contribution in [1.82, 2.24) is 0 Å². The number of amides is 1. The van der Waals surface area contributed by atoms with E-state index in [9.17, 15) is 9.18 Å². The maximum Gasteiger partial charge on any atom is 0.286 e. The van der Waals surface area contributed by atoms with Crippen molar-refractivity contribution in [2.24, 2.45) is 4.99 Å². The van der Waals surface area contributed by atoms with E-state index in [0.717, 1.165) is 0 Å². The van der Waals surface area contributed by atoms with Gasteiger partial charge in [0, 0.05) is 11.1 Å². The normalized spacial score (nSPS) is 9.65. The van der Waals surface area contributed by atoms with Crippen LogP contribution in [0.15, 0.2) is 53.5 Å². The van der Waals surface area contributed by atoms with Crippen molar-refractivity contribution in [3.63, 3.8) is 0 Å². The third-order valence-electron chi connectivity index (χ3n) is 2.60. The van der Waals surface area contributed by atoms with Gasteiger partial charge in [-0.25, -0.2) is 4.39 Å². The number of ether oxygens (including phenoxy) is 1. The maximum absolute atomic E-state index is 12.8. The van der Waals surface area contributed by atoms with E-state index in [4.69, 9.17) is 4.74 Å². The van der Waals surface area contributed by atoms with Crippen molar-refractivity contribution in [1.29, 1.82) is 0 Å². The zero-order valence-electron chi connectivity index (χ0n) is 10.4. The summed E-state index contributed by atoms with van der Waals surface area (Å²) in [5.41, 5.74) is 1.09. The summed E-state index contributed by atoms with van der Waals surface area (Å²) in [5, 5.41) is 2.05. The number of nitrogens with zero attached hydrogens (tertiary/aromatic N) is 1. The fourth-order valence-electron chi connectivity index (χ4n) is 1.65. The van der Waals surface area contributed by atoms with Crippen LogP contribution in [0.2, 0.25) is 0 Å². The number of hydrogen-bond acceptors (Lipinski definition) is 3. The highest BCUT2D eigenvalue weighted by Crippen LogP contribution is 2.16. The average molecular weight is 287 g/mol. The fraction of sp³-hybridized carbons (Fsp3) is 0.0667. The summed E-state index contributed by atoms with van der Waals surface area (Å²) < 4.78 is 18.3. The number of carbonyl (C=O) groups is 1. The first-order valence-corrected chi connectivity index (χ1v) is 6.20. The Bertz CT molecular complexity index is 664. The lowest BCUT2D eigenvalue weighted by atomic mass is 10.1. The van der Waals surface area contributed by atoms with Crippen LogP contribution in [0, 0.1) is 5.82 Å². The van der Waals surface area contributed by atoms with Crippen LogP contribution in [-0.2, 0) is 6.61 Å². The van der Waals surface area contributed by atoms with Gasteiger partial charge in [-0.3, -0.25) is 4.79 Å². The quantitative estimate of drug-likeness (QED) is 0.636. The molecule has 1 amide bonds. The first-order valence-electron chi connectivity index (χ1n) is 5.79. The van der Waals surface area contributed by atoms with Crippen LogP contribution in [0.5, 0.6) is 5.75 Å². The standard InChI is InChI=1S/C15H10FNO2S/c16-12-5-7-13(8-6-12)19-9-11-3-1-2-4-14(11)15(18)17-10-20/h1-8H,9H2. The van der Waals surface area contributed by atoms with Crippen LogP contribution >= 0.6 is 12.2 Å². The van der Waals surface area contributed by atoms with Crippen molar-refractivity contribution in [2.75, 3.05) is 0 Å². The minimum Gasteiger partial charge on any atom is -0.489 e. The van der Waals surface area contributed by atoms with Gasteiger partial charge in [-0.15, -0.1) is 0 Å². The predicted molar refractivity (Wildman–Crippen MR) is 76.5 cm³/mol. The maximum atomic E-state index is 12.8. The largest absolute Gasteiger partial charge is 0.489 e. The predicted octanol–water partition coefficient (Wildman–Crippen LogP) is 3.65. The molecule has 0 aliphatic carbocycles. The Morgan fingerprint density at radius 1 is 1.20 bits per heavy atom. The fourth-order valence-corrected chi connectivity index (χ4v) is 1.73. The molecule has 0 radical (unpaired) electrons. The van der Waals surface area contributed by atoms with E-state index in [1.807, 2.05) is 5.16 Å². The summed E-state index contributed by atoms with van der Waals surface area (Å²) in [7, 11) is 0. The third kappa shape index (κ3) is 3.57. The lowest BCUT2D eigenvalue weighted by molar-refractivity contribution is 0.100. The lowest BCUT2D eigenvalue weighted by Crippen LogP contribution is -2.04. The summed E-state index contributed by atoms with van der Waals surface area (Å²) in [6.07, 6.45) is 0. The van der Waals surface area contributed by atoms with Gasteiger partial charge < -0.3 is 4.74 Å². The zero-order valence-corrected chi connectivity index (χ0v) is 11.2. The topological polar surface area (TPSA) is 38.7 Å². The molecule has 0 N–H and O–H groups in total. The number of isothiocyanates is 1. The zero-order chi connectivity index (χ0) is 14.4. The summed E-state index contributed by atoms with van der Waals surface area (Å²) in [4.78, 5) is 15.2. The summed E-state index contributed by atoms with van der Waals surface area (Å²) in [6, 6.07) is 12.6. The molecule has 2 aromatic carbocycles. The van der Waals surface area contributed by atoms with Crippen LogP contribution in [-0.4, -0.2) is 11.1 Å². The number of halogens is 1. The molecule has 0 aliphatic rings. The molecule has 0 spiro atoms. The number of benzene rings is 2. The van der Waals surface area contributed by atoms with E-state index in [2.05, 4.69) is 17.2 Å². The highest BCUT2D eigenvalue weighted by Gasteiger charge is 2.10. The minimum atomic E-state index is -0.460. The van der Waals surface area contributed by atoms with Crippen molar-refractivity contribution >= 4 is 23.3 Å². The van der Waals surface area contributed by atoms with Gasteiger partial charge in [-0.05, 0) is 42.5 Å². The monoisotopic (exact) mass is 287 g/mol. The van der Waals surface area contributed by atoms with E-state index in [-0.39, 0.29) is 12.4 Å². The van der Waals surface area contributed by atoms with E-state index < -0.39 is 5.91 Å². The van der Waals surface area contributed by atoms with Crippen LogP contribution < -0.4 is 4.74 Å². The van der Waals surface area contributed by atoms with Crippen LogP contribution in [0.4, 0.5) is 4.39 Å². The molecule has 3 nitrogen and oxygen atoms in total. The van der Waals surface area contributed by atoms with Crippen LogP contribution in [0.25, 0.3) is 0 Å². The molecule has 0 saturated carbocycles. The average Bonchev–Trinajstić information content (AvgIpc) is 2.47. The summed E-state index contributed by atoms with van der Waals surface area (Å²) in [5.74, 6) is -0.270. The number of hydrogen-bond donors (Lipinski definition) is 0. The van der Waals surface area contributed by atoms with E-state index >= 15 is 0 Å². The molecule has 0 bridgehead atoms. The van der Waals surface area contributed by atoms with Crippen LogP contribution in [0.1, 0.15) is 15.9 Å². The van der Waals surface area contributed by atoms with E-state index in [0.29, 0.717) is 16.9 Å². The number of thiocarbonyl (C=S) groups is 1. The highest BCUT2D eigenvalue weighted by molar-refractivity contribution is 7.78. The Hall–Kier alpha value is -2.36. The molecular formula is C15H10FNO2S.